The topological polar surface area (TPSA) is 92.1 Å². The number of hydrogen-bond acceptors (Lipinski definition) is 6. The minimum atomic E-state index is -0.536. The number of nitriles is 1. The van der Waals surface area contributed by atoms with E-state index in [1.807, 2.05) is 6.07 Å². The number of pyridine rings is 1. The molecule has 0 fully saturated rings. The van der Waals surface area contributed by atoms with Crippen molar-refractivity contribution in [2.45, 2.75) is 37.6 Å². The van der Waals surface area contributed by atoms with E-state index in [2.05, 4.69) is 10.3 Å². The zero-order valence-electron chi connectivity index (χ0n) is 15.8. The molecule has 2 rings (SSSR count). The third-order valence-corrected chi connectivity index (χ3v) is 4.93. The Morgan fingerprint density at radius 2 is 2.04 bits per heavy atom. The van der Waals surface area contributed by atoms with Gasteiger partial charge in [0.25, 0.3) is 0 Å². The Kier molecular flexibility index (Phi) is 7.52. The number of rotatable bonds is 7. The molecule has 6 nitrogen and oxygen atoms in total. The Labute approximate surface area is 167 Å². The van der Waals surface area contributed by atoms with E-state index in [0.29, 0.717) is 10.7 Å². The van der Waals surface area contributed by atoms with Crippen LogP contribution >= 0.6 is 11.8 Å². The molecule has 28 heavy (non-hydrogen) atoms. The first-order valence-electron chi connectivity index (χ1n) is 8.63. The van der Waals surface area contributed by atoms with Crippen molar-refractivity contribution in [1.82, 2.24) is 10.3 Å². The third-order valence-electron chi connectivity index (χ3n) is 3.83. The molecule has 1 atom stereocenters. The van der Waals surface area contributed by atoms with E-state index in [9.17, 15) is 19.2 Å². The molecule has 0 unspecified atom stereocenters. The van der Waals surface area contributed by atoms with Crippen LogP contribution in [0.5, 0.6) is 0 Å². The number of esters is 1. The van der Waals surface area contributed by atoms with Crippen molar-refractivity contribution in [2.75, 3.05) is 6.61 Å². The van der Waals surface area contributed by atoms with Gasteiger partial charge in [-0.15, -0.1) is 0 Å². The maximum atomic E-state index is 12.9. The molecule has 1 aromatic carbocycles. The Hall–Kier alpha value is -2.92. The molecule has 146 valence electrons. The highest BCUT2D eigenvalue weighted by Gasteiger charge is 2.20. The SMILES string of the molecule is CCOC(=O)c1cc(C#N)c(S[C@H](C)C(=O)NCc2ccc(F)cc2)nc1C. The average molecular weight is 401 g/mol. The predicted molar refractivity (Wildman–Crippen MR) is 103 cm³/mol. The summed E-state index contributed by atoms with van der Waals surface area (Å²) in [6.07, 6.45) is 0. The zero-order chi connectivity index (χ0) is 20.7. The fraction of sp³-hybridized carbons (Fsp3) is 0.300. The van der Waals surface area contributed by atoms with E-state index in [0.717, 1.165) is 17.3 Å². The molecule has 0 radical (unpaired) electrons. The third kappa shape index (κ3) is 5.54. The molecule has 0 aliphatic heterocycles. The number of nitrogens with zero attached hydrogens (tertiary/aromatic N) is 2. The Morgan fingerprint density at radius 1 is 1.36 bits per heavy atom. The Bertz CT molecular complexity index is 910. The molecule has 1 aromatic heterocycles. The van der Waals surface area contributed by atoms with E-state index in [1.54, 1.807) is 32.9 Å². The maximum absolute atomic E-state index is 12.9. The molecule has 0 bridgehead atoms. The zero-order valence-corrected chi connectivity index (χ0v) is 16.6. The van der Waals surface area contributed by atoms with Crippen molar-refractivity contribution in [2.24, 2.45) is 0 Å². The summed E-state index contributed by atoms with van der Waals surface area (Å²) in [5.41, 5.74) is 1.64. The molecule has 1 N–H and O–H groups in total. The van der Waals surface area contributed by atoms with Gasteiger partial charge >= 0.3 is 5.97 Å². The van der Waals surface area contributed by atoms with Gasteiger partial charge in [-0.25, -0.2) is 14.2 Å². The lowest BCUT2D eigenvalue weighted by atomic mass is 10.1. The van der Waals surface area contributed by atoms with Crippen LogP contribution in [-0.2, 0) is 16.1 Å². The molecule has 1 amide bonds. The second-order valence-corrected chi connectivity index (χ2v) is 7.24. The van der Waals surface area contributed by atoms with Crippen LogP contribution in [0.3, 0.4) is 0 Å². The summed E-state index contributed by atoms with van der Waals surface area (Å²) >= 11 is 1.13. The van der Waals surface area contributed by atoms with E-state index in [1.165, 1.54) is 18.2 Å². The van der Waals surface area contributed by atoms with Gasteiger partial charge < -0.3 is 10.1 Å². The van der Waals surface area contributed by atoms with Crippen LogP contribution in [0.15, 0.2) is 35.4 Å². The molecule has 1 heterocycles. The predicted octanol–water partition coefficient (Wildman–Crippen LogP) is 3.37. The van der Waals surface area contributed by atoms with Gasteiger partial charge in [0.05, 0.1) is 28.7 Å². The number of ether oxygens (including phenoxy) is 1. The highest BCUT2D eigenvalue weighted by atomic mass is 32.2. The van der Waals surface area contributed by atoms with Crippen LogP contribution in [0.1, 0.15) is 41.0 Å². The van der Waals surface area contributed by atoms with Gasteiger partial charge in [-0.3, -0.25) is 4.79 Å². The van der Waals surface area contributed by atoms with E-state index < -0.39 is 11.2 Å². The summed E-state index contributed by atoms with van der Waals surface area (Å²) < 4.78 is 17.9. The van der Waals surface area contributed by atoms with Crippen molar-refractivity contribution in [3.8, 4) is 6.07 Å². The largest absolute Gasteiger partial charge is 0.462 e. The molecular weight excluding hydrogens is 381 g/mol. The number of aromatic nitrogens is 1. The first-order valence-corrected chi connectivity index (χ1v) is 9.51. The molecule has 0 aliphatic carbocycles. The molecule has 0 saturated heterocycles. The molecule has 0 saturated carbocycles. The summed E-state index contributed by atoms with van der Waals surface area (Å²) in [6, 6.07) is 9.30. The highest BCUT2D eigenvalue weighted by Crippen LogP contribution is 2.27. The Balaban J connectivity index is 2.07. The molecule has 2 aromatic rings. The number of carbonyl (C=O) groups is 2. The molecule has 0 aliphatic rings. The van der Waals surface area contributed by atoms with Crippen LogP contribution in [0.25, 0.3) is 0 Å². The highest BCUT2D eigenvalue weighted by molar-refractivity contribution is 8.00. The number of aryl methyl sites for hydroxylation is 1. The van der Waals surface area contributed by atoms with Crippen molar-refractivity contribution in [3.05, 3.63) is 58.5 Å². The standard InChI is InChI=1S/C20H20FN3O3S/c1-4-27-20(26)17-9-15(10-22)19(24-12(17)2)28-13(3)18(25)23-11-14-5-7-16(21)8-6-14/h5-9,13H,4,11H2,1-3H3,(H,23,25)/t13-/m1/s1. The first-order chi connectivity index (χ1) is 13.3. The second kappa shape index (κ2) is 9.85. The monoisotopic (exact) mass is 401 g/mol. The number of carbonyl (C=O) groups excluding carboxylic acids is 2. The minimum Gasteiger partial charge on any atom is -0.462 e. The van der Waals surface area contributed by atoms with Crippen molar-refractivity contribution >= 4 is 23.6 Å². The lowest BCUT2D eigenvalue weighted by Crippen LogP contribution is -2.30. The van der Waals surface area contributed by atoms with Gasteiger partial charge in [-0.2, -0.15) is 5.26 Å². The number of thioether (sulfide) groups is 1. The molecule has 0 spiro atoms. The number of amides is 1. The number of halogens is 1. The maximum Gasteiger partial charge on any atom is 0.340 e. The minimum absolute atomic E-state index is 0.205. The summed E-state index contributed by atoms with van der Waals surface area (Å²) in [6.45, 7) is 5.53. The lowest BCUT2D eigenvalue weighted by molar-refractivity contribution is -0.120. The quantitative estimate of drug-likeness (QED) is 0.565. The van der Waals surface area contributed by atoms with Crippen LogP contribution in [0.4, 0.5) is 4.39 Å². The van der Waals surface area contributed by atoms with Gasteiger partial charge in [0.1, 0.15) is 16.9 Å². The van der Waals surface area contributed by atoms with Gasteiger partial charge in [-0.1, -0.05) is 23.9 Å². The summed E-state index contributed by atoms with van der Waals surface area (Å²) in [4.78, 5) is 28.6. The fourth-order valence-electron chi connectivity index (χ4n) is 2.32. The van der Waals surface area contributed by atoms with E-state index in [4.69, 9.17) is 4.74 Å². The normalized spacial score (nSPS) is 11.4. The van der Waals surface area contributed by atoms with Gasteiger partial charge in [0, 0.05) is 6.54 Å². The first kappa shape index (κ1) is 21.4. The number of hydrogen-bond donors (Lipinski definition) is 1. The lowest BCUT2D eigenvalue weighted by Gasteiger charge is -2.14. The van der Waals surface area contributed by atoms with Gasteiger partial charge in [-0.05, 0) is 44.5 Å². The molecule has 8 heteroatoms. The summed E-state index contributed by atoms with van der Waals surface area (Å²) in [7, 11) is 0. The van der Waals surface area contributed by atoms with Crippen LogP contribution in [-0.4, -0.2) is 28.7 Å². The van der Waals surface area contributed by atoms with Gasteiger partial charge in [0.2, 0.25) is 5.91 Å². The summed E-state index contributed by atoms with van der Waals surface area (Å²) in [5.74, 6) is -1.12. The van der Waals surface area contributed by atoms with Crippen molar-refractivity contribution in [1.29, 1.82) is 5.26 Å². The average Bonchev–Trinajstić information content (AvgIpc) is 2.67. The summed E-state index contributed by atoms with van der Waals surface area (Å²) in [5, 5.41) is 12.0. The number of benzene rings is 1. The van der Waals surface area contributed by atoms with Crippen molar-refractivity contribution in [3.63, 3.8) is 0 Å². The van der Waals surface area contributed by atoms with E-state index in [-0.39, 0.29) is 36.0 Å². The molecular formula is C20H20FN3O3S. The Morgan fingerprint density at radius 3 is 2.64 bits per heavy atom. The fourth-order valence-corrected chi connectivity index (χ4v) is 3.27. The second-order valence-electron chi connectivity index (χ2n) is 5.91. The number of nitrogens with one attached hydrogen (secondary N) is 1. The van der Waals surface area contributed by atoms with Gasteiger partial charge in [0.15, 0.2) is 0 Å². The van der Waals surface area contributed by atoms with Crippen LogP contribution in [0.2, 0.25) is 0 Å². The van der Waals surface area contributed by atoms with Crippen molar-refractivity contribution < 1.29 is 18.7 Å². The smallest absolute Gasteiger partial charge is 0.340 e. The van der Waals surface area contributed by atoms with Crippen LogP contribution in [0, 0.1) is 24.1 Å². The van der Waals surface area contributed by atoms with Crippen LogP contribution < -0.4 is 5.32 Å². The van der Waals surface area contributed by atoms with E-state index >= 15 is 0 Å².